The maximum absolute atomic E-state index is 8.79. The number of nitrogens with two attached hydrogens (primary N) is 1. The van der Waals surface area contributed by atoms with Gasteiger partial charge in [0.2, 0.25) is 0 Å². The first-order valence-electron chi connectivity index (χ1n) is 2.34. The van der Waals surface area contributed by atoms with Crippen molar-refractivity contribution in [3.05, 3.63) is 24.3 Å². The van der Waals surface area contributed by atoms with Gasteiger partial charge in [-0.15, -0.1) is 24.0 Å². The molecule has 0 saturated heterocycles. The summed E-state index contributed by atoms with van der Waals surface area (Å²) in [5.41, 5.74) is 5.69. The topological polar surface area (TPSA) is 46.2 Å². The summed E-state index contributed by atoms with van der Waals surface area (Å²) in [4.78, 5) is 0. The molecule has 0 saturated carbocycles. The van der Waals surface area contributed by atoms with Crippen LogP contribution in [0.2, 0.25) is 0 Å². The van der Waals surface area contributed by atoms with E-state index in [2.05, 4.69) is 0 Å². The minimum Gasteiger partial charge on any atom is -0.506 e. The summed E-state index contributed by atoms with van der Waals surface area (Å²) in [7, 11) is 0. The molecule has 3 N–H and O–H groups in total. The number of hydrogen-bond donors (Lipinski definition) is 2. The number of rotatable bonds is 0. The van der Waals surface area contributed by atoms with Crippen LogP contribution in [0.1, 0.15) is 0 Å². The van der Waals surface area contributed by atoms with E-state index in [1.54, 1.807) is 24.3 Å². The second kappa shape index (κ2) is 3.55. The van der Waals surface area contributed by atoms with E-state index in [0.717, 1.165) is 0 Å². The minimum absolute atomic E-state index is 0. The van der Waals surface area contributed by atoms with Crippen LogP contribution < -0.4 is 5.73 Å². The molecular formula is C6H8INO. The van der Waals surface area contributed by atoms with Crippen LogP contribution in [0.15, 0.2) is 24.3 Å². The number of hydrogen-bond acceptors (Lipinski definition) is 2. The van der Waals surface area contributed by atoms with Crippen molar-refractivity contribution in [1.29, 1.82) is 0 Å². The van der Waals surface area contributed by atoms with Crippen LogP contribution in [0, 0.1) is 0 Å². The number of para-hydroxylation sites is 2. The molecule has 0 aliphatic heterocycles. The summed E-state index contributed by atoms with van der Waals surface area (Å²) in [6.45, 7) is 0. The lowest BCUT2D eigenvalue weighted by Gasteiger charge is -1.92. The summed E-state index contributed by atoms with van der Waals surface area (Å²) in [6.07, 6.45) is 0. The highest BCUT2D eigenvalue weighted by Gasteiger charge is 1.87. The van der Waals surface area contributed by atoms with Crippen molar-refractivity contribution in [3.8, 4) is 5.75 Å². The number of phenolic OH excluding ortho intramolecular Hbond substituents is 1. The lowest BCUT2D eigenvalue weighted by molar-refractivity contribution is 0.478. The van der Waals surface area contributed by atoms with Gasteiger partial charge in [0.1, 0.15) is 5.75 Å². The first-order chi connectivity index (χ1) is 3.80. The molecule has 0 radical (unpaired) electrons. The Morgan fingerprint density at radius 3 is 2.11 bits per heavy atom. The monoisotopic (exact) mass is 237 g/mol. The molecule has 0 amide bonds. The third-order valence-corrected chi connectivity index (χ3v) is 0.937. The van der Waals surface area contributed by atoms with Crippen molar-refractivity contribution < 1.29 is 5.11 Å². The van der Waals surface area contributed by atoms with E-state index in [0.29, 0.717) is 5.69 Å². The van der Waals surface area contributed by atoms with Crippen molar-refractivity contribution in [2.45, 2.75) is 0 Å². The third kappa shape index (κ3) is 2.09. The van der Waals surface area contributed by atoms with Crippen molar-refractivity contribution >= 4 is 29.7 Å². The summed E-state index contributed by atoms with van der Waals surface area (Å²) in [6, 6.07) is 6.70. The van der Waals surface area contributed by atoms with Crippen LogP contribution in [-0.4, -0.2) is 5.11 Å². The zero-order chi connectivity index (χ0) is 5.98. The summed E-state index contributed by atoms with van der Waals surface area (Å²) in [5.74, 6) is 0.146. The first-order valence-corrected chi connectivity index (χ1v) is 2.34. The number of halogens is 1. The molecule has 1 aromatic carbocycles. The Labute approximate surface area is 70.7 Å². The molecule has 0 aliphatic rings. The van der Waals surface area contributed by atoms with Gasteiger partial charge in [-0.3, -0.25) is 0 Å². The van der Waals surface area contributed by atoms with E-state index in [4.69, 9.17) is 10.8 Å². The van der Waals surface area contributed by atoms with Gasteiger partial charge in [0.25, 0.3) is 0 Å². The van der Waals surface area contributed by atoms with E-state index in [-0.39, 0.29) is 29.7 Å². The van der Waals surface area contributed by atoms with Crippen LogP contribution in [0.5, 0.6) is 5.75 Å². The molecule has 0 spiro atoms. The first kappa shape index (κ1) is 8.55. The molecule has 0 aromatic heterocycles. The average molecular weight is 237 g/mol. The SMILES string of the molecule is I.Nc1ccccc1O. The van der Waals surface area contributed by atoms with Crippen LogP contribution in [0.25, 0.3) is 0 Å². The van der Waals surface area contributed by atoms with Crippen molar-refractivity contribution in [2.75, 3.05) is 5.73 Å². The van der Waals surface area contributed by atoms with Gasteiger partial charge in [-0.1, -0.05) is 12.1 Å². The molecule has 50 valence electrons. The third-order valence-electron chi connectivity index (χ3n) is 0.937. The minimum atomic E-state index is 0. The van der Waals surface area contributed by atoms with Gasteiger partial charge >= 0.3 is 0 Å². The van der Waals surface area contributed by atoms with Crippen molar-refractivity contribution in [2.24, 2.45) is 0 Å². The predicted octanol–water partition coefficient (Wildman–Crippen LogP) is 1.59. The van der Waals surface area contributed by atoms with E-state index in [1.807, 2.05) is 0 Å². The Balaban J connectivity index is 0.000000640. The molecule has 0 aliphatic carbocycles. The molecular weight excluding hydrogens is 229 g/mol. The maximum Gasteiger partial charge on any atom is 0.138 e. The Morgan fingerprint density at radius 1 is 1.22 bits per heavy atom. The Hall–Kier alpha value is -0.450. The van der Waals surface area contributed by atoms with Crippen LogP contribution in [0.4, 0.5) is 5.69 Å². The van der Waals surface area contributed by atoms with Gasteiger partial charge in [-0.2, -0.15) is 0 Å². The van der Waals surface area contributed by atoms with E-state index >= 15 is 0 Å². The van der Waals surface area contributed by atoms with Gasteiger partial charge in [0.05, 0.1) is 5.69 Å². The second-order valence-corrected chi connectivity index (χ2v) is 1.56. The smallest absolute Gasteiger partial charge is 0.138 e. The molecule has 0 bridgehead atoms. The van der Waals surface area contributed by atoms with Crippen molar-refractivity contribution in [1.82, 2.24) is 0 Å². The standard InChI is InChI=1S/C6H7NO.HI/c7-5-3-1-2-4-6(5)8;/h1-4,8H,7H2;1H. The molecule has 1 aromatic rings. The highest BCUT2D eigenvalue weighted by molar-refractivity contribution is 14.0. The fourth-order valence-corrected chi connectivity index (χ4v) is 0.488. The second-order valence-electron chi connectivity index (χ2n) is 1.56. The molecule has 9 heavy (non-hydrogen) atoms. The molecule has 0 unspecified atom stereocenters. The normalized spacial score (nSPS) is 8.00. The zero-order valence-corrected chi connectivity index (χ0v) is 7.07. The van der Waals surface area contributed by atoms with Gasteiger partial charge in [-0.05, 0) is 12.1 Å². The molecule has 2 nitrogen and oxygen atoms in total. The molecule has 3 heteroatoms. The van der Waals surface area contributed by atoms with Gasteiger partial charge in [0.15, 0.2) is 0 Å². The van der Waals surface area contributed by atoms with Crippen LogP contribution in [0.3, 0.4) is 0 Å². The predicted molar refractivity (Wildman–Crippen MR) is 47.9 cm³/mol. The number of anilines is 1. The van der Waals surface area contributed by atoms with E-state index < -0.39 is 0 Å². The number of benzene rings is 1. The summed E-state index contributed by atoms with van der Waals surface area (Å²) < 4.78 is 0. The Bertz CT molecular complexity index is 169. The fourth-order valence-electron chi connectivity index (χ4n) is 0.488. The van der Waals surface area contributed by atoms with Gasteiger partial charge in [-0.25, -0.2) is 0 Å². The molecule has 0 heterocycles. The lowest BCUT2D eigenvalue weighted by atomic mass is 10.3. The highest BCUT2D eigenvalue weighted by Crippen LogP contribution is 2.16. The lowest BCUT2D eigenvalue weighted by Crippen LogP contribution is -1.82. The van der Waals surface area contributed by atoms with Crippen LogP contribution >= 0.6 is 24.0 Å². The summed E-state index contributed by atoms with van der Waals surface area (Å²) >= 11 is 0. The highest BCUT2D eigenvalue weighted by atomic mass is 127. The van der Waals surface area contributed by atoms with Gasteiger partial charge in [0, 0.05) is 0 Å². The largest absolute Gasteiger partial charge is 0.506 e. The Morgan fingerprint density at radius 2 is 1.78 bits per heavy atom. The quantitative estimate of drug-likeness (QED) is 0.409. The van der Waals surface area contributed by atoms with Gasteiger partial charge < -0.3 is 10.8 Å². The molecule has 0 fully saturated rings. The van der Waals surface area contributed by atoms with Crippen molar-refractivity contribution in [3.63, 3.8) is 0 Å². The zero-order valence-electron chi connectivity index (χ0n) is 4.74. The molecule has 0 atom stereocenters. The fraction of sp³-hybridized carbons (Fsp3) is 0. The maximum atomic E-state index is 8.79. The number of nitrogen functional groups attached to an aromatic ring is 1. The molecule has 1 rings (SSSR count). The number of phenols is 1. The van der Waals surface area contributed by atoms with E-state index in [1.165, 1.54) is 0 Å². The van der Waals surface area contributed by atoms with Crippen LogP contribution in [-0.2, 0) is 0 Å². The average Bonchev–Trinajstić information content (AvgIpc) is 1.77. The summed E-state index contributed by atoms with van der Waals surface area (Å²) in [5, 5.41) is 8.79. The Kier molecular flexibility index (Phi) is 3.37. The van der Waals surface area contributed by atoms with E-state index in [9.17, 15) is 0 Å². The number of aromatic hydroxyl groups is 1.